The summed E-state index contributed by atoms with van der Waals surface area (Å²) in [5, 5.41) is 12.6. The van der Waals surface area contributed by atoms with Crippen molar-refractivity contribution in [1.82, 2.24) is 5.32 Å². The molecule has 0 saturated heterocycles. The molecule has 0 aromatic carbocycles. The van der Waals surface area contributed by atoms with Gasteiger partial charge < -0.3 is 19.6 Å². The lowest BCUT2D eigenvalue weighted by atomic mass is 10.2. The Morgan fingerprint density at radius 1 is 1.53 bits per heavy atom. The molecule has 1 unspecified atom stereocenters. The van der Waals surface area contributed by atoms with E-state index in [9.17, 15) is 5.11 Å². The Morgan fingerprint density at radius 2 is 2.33 bits per heavy atom. The SMILES string of the molecule is COCC(O)CCNCc1ccc(C)o1. The van der Waals surface area contributed by atoms with Crippen molar-refractivity contribution in [1.29, 1.82) is 0 Å². The average molecular weight is 213 g/mol. The molecule has 1 heterocycles. The maximum Gasteiger partial charge on any atom is 0.117 e. The van der Waals surface area contributed by atoms with E-state index < -0.39 is 0 Å². The lowest BCUT2D eigenvalue weighted by Crippen LogP contribution is -2.22. The maximum atomic E-state index is 9.36. The molecule has 0 aliphatic rings. The van der Waals surface area contributed by atoms with E-state index in [4.69, 9.17) is 9.15 Å². The first-order valence-corrected chi connectivity index (χ1v) is 5.15. The van der Waals surface area contributed by atoms with Crippen molar-refractivity contribution in [3.05, 3.63) is 23.7 Å². The molecule has 1 aromatic heterocycles. The van der Waals surface area contributed by atoms with E-state index in [1.165, 1.54) is 0 Å². The van der Waals surface area contributed by atoms with E-state index in [0.29, 0.717) is 19.6 Å². The second-order valence-corrected chi connectivity index (χ2v) is 3.59. The Morgan fingerprint density at radius 3 is 2.93 bits per heavy atom. The second-order valence-electron chi connectivity index (χ2n) is 3.59. The third-order valence-corrected chi connectivity index (χ3v) is 2.11. The minimum Gasteiger partial charge on any atom is -0.465 e. The highest BCUT2D eigenvalue weighted by atomic mass is 16.5. The number of rotatable bonds is 7. The van der Waals surface area contributed by atoms with Crippen molar-refractivity contribution >= 4 is 0 Å². The Bertz CT molecular complexity index is 273. The molecule has 15 heavy (non-hydrogen) atoms. The van der Waals surface area contributed by atoms with E-state index in [2.05, 4.69) is 5.32 Å². The van der Waals surface area contributed by atoms with Crippen LogP contribution in [0.5, 0.6) is 0 Å². The highest BCUT2D eigenvalue weighted by Gasteiger charge is 2.03. The molecule has 0 aliphatic carbocycles. The van der Waals surface area contributed by atoms with E-state index in [1.807, 2.05) is 19.1 Å². The fraction of sp³-hybridized carbons (Fsp3) is 0.636. The molecule has 0 aliphatic heterocycles. The lowest BCUT2D eigenvalue weighted by molar-refractivity contribution is 0.0593. The van der Waals surface area contributed by atoms with Gasteiger partial charge in [-0.25, -0.2) is 0 Å². The molecule has 0 bridgehead atoms. The van der Waals surface area contributed by atoms with E-state index >= 15 is 0 Å². The minimum absolute atomic E-state index is 0.388. The summed E-state index contributed by atoms with van der Waals surface area (Å²) < 4.78 is 10.2. The molecule has 2 N–H and O–H groups in total. The Kier molecular flexibility index (Phi) is 5.39. The van der Waals surface area contributed by atoms with Gasteiger partial charge in [-0.2, -0.15) is 0 Å². The second kappa shape index (κ2) is 6.61. The van der Waals surface area contributed by atoms with Crippen LogP contribution < -0.4 is 5.32 Å². The first-order chi connectivity index (χ1) is 7.22. The average Bonchev–Trinajstić information content (AvgIpc) is 2.60. The van der Waals surface area contributed by atoms with Gasteiger partial charge >= 0.3 is 0 Å². The number of aryl methyl sites for hydroxylation is 1. The van der Waals surface area contributed by atoms with Crippen molar-refractivity contribution in [2.75, 3.05) is 20.3 Å². The van der Waals surface area contributed by atoms with Gasteiger partial charge in [-0.3, -0.25) is 0 Å². The van der Waals surface area contributed by atoms with Crippen molar-refractivity contribution < 1.29 is 14.3 Å². The number of hydrogen-bond acceptors (Lipinski definition) is 4. The zero-order valence-electron chi connectivity index (χ0n) is 9.32. The van der Waals surface area contributed by atoms with Gasteiger partial charge in [0.1, 0.15) is 11.5 Å². The van der Waals surface area contributed by atoms with Gasteiger partial charge in [0, 0.05) is 7.11 Å². The van der Waals surface area contributed by atoms with Crippen LogP contribution in [0.15, 0.2) is 16.5 Å². The zero-order chi connectivity index (χ0) is 11.1. The molecule has 0 amide bonds. The standard InChI is InChI=1S/C11H19NO3/c1-9-3-4-11(15-9)7-12-6-5-10(13)8-14-2/h3-4,10,12-13H,5-8H2,1-2H3. The molecular weight excluding hydrogens is 194 g/mol. The minimum atomic E-state index is -0.388. The van der Waals surface area contributed by atoms with Crippen LogP contribution in [0.25, 0.3) is 0 Å². The fourth-order valence-corrected chi connectivity index (χ4v) is 1.34. The molecular formula is C11H19NO3. The molecule has 4 heteroatoms. The van der Waals surface area contributed by atoms with Crippen LogP contribution >= 0.6 is 0 Å². The van der Waals surface area contributed by atoms with Crippen molar-refractivity contribution in [3.63, 3.8) is 0 Å². The summed E-state index contributed by atoms with van der Waals surface area (Å²) >= 11 is 0. The number of ether oxygens (including phenoxy) is 1. The van der Waals surface area contributed by atoms with Crippen LogP contribution in [-0.2, 0) is 11.3 Å². The normalized spacial score (nSPS) is 13.0. The predicted molar refractivity (Wildman–Crippen MR) is 57.7 cm³/mol. The summed E-state index contributed by atoms with van der Waals surface area (Å²) in [5.74, 6) is 1.85. The molecule has 4 nitrogen and oxygen atoms in total. The summed E-state index contributed by atoms with van der Waals surface area (Å²) in [4.78, 5) is 0. The Balaban J connectivity index is 2.06. The molecule has 0 fully saturated rings. The highest BCUT2D eigenvalue weighted by molar-refractivity contribution is 5.04. The van der Waals surface area contributed by atoms with Crippen LogP contribution in [0.1, 0.15) is 17.9 Å². The summed E-state index contributed by atoms with van der Waals surface area (Å²) in [7, 11) is 1.59. The smallest absolute Gasteiger partial charge is 0.117 e. The molecule has 1 aromatic rings. The number of methoxy groups -OCH3 is 1. The van der Waals surface area contributed by atoms with Gasteiger partial charge in [0.15, 0.2) is 0 Å². The van der Waals surface area contributed by atoms with Gasteiger partial charge in [0.2, 0.25) is 0 Å². The van der Waals surface area contributed by atoms with Gasteiger partial charge in [-0.05, 0) is 32.0 Å². The topological polar surface area (TPSA) is 54.6 Å². The number of nitrogens with one attached hydrogen (secondary N) is 1. The van der Waals surface area contributed by atoms with Crippen molar-refractivity contribution in [3.8, 4) is 0 Å². The fourth-order valence-electron chi connectivity index (χ4n) is 1.34. The number of aliphatic hydroxyl groups is 1. The number of furan rings is 1. The summed E-state index contributed by atoms with van der Waals surface area (Å²) in [6.07, 6.45) is 0.300. The molecule has 86 valence electrons. The first kappa shape index (κ1) is 12.2. The molecule has 1 atom stereocenters. The molecule has 1 rings (SSSR count). The van der Waals surface area contributed by atoms with Crippen LogP contribution in [-0.4, -0.2) is 31.5 Å². The summed E-state index contributed by atoms with van der Waals surface area (Å²) in [5.41, 5.74) is 0. The van der Waals surface area contributed by atoms with Gasteiger partial charge in [0.05, 0.1) is 19.3 Å². The molecule has 0 spiro atoms. The van der Waals surface area contributed by atoms with Gasteiger partial charge in [0.25, 0.3) is 0 Å². The Labute approximate surface area is 90.2 Å². The summed E-state index contributed by atoms with van der Waals surface area (Å²) in [6.45, 7) is 3.77. The largest absolute Gasteiger partial charge is 0.465 e. The third-order valence-electron chi connectivity index (χ3n) is 2.11. The van der Waals surface area contributed by atoms with E-state index in [0.717, 1.165) is 18.1 Å². The van der Waals surface area contributed by atoms with Crippen molar-refractivity contribution in [2.45, 2.75) is 26.0 Å². The monoisotopic (exact) mass is 213 g/mol. The quantitative estimate of drug-likeness (QED) is 0.665. The van der Waals surface area contributed by atoms with E-state index in [1.54, 1.807) is 7.11 Å². The van der Waals surface area contributed by atoms with Crippen LogP contribution in [0.3, 0.4) is 0 Å². The van der Waals surface area contributed by atoms with Crippen LogP contribution in [0, 0.1) is 6.92 Å². The lowest BCUT2D eigenvalue weighted by Gasteiger charge is -2.09. The first-order valence-electron chi connectivity index (χ1n) is 5.15. The van der Waals surface area contributed by atoms with Crippen molar-refractivity contribution in [2.24, 2.45) is 0 Å². The van der Waals surface area contributed by atoms with Gasteiger partial charge in [-0.15, -0.1) is 0 Å². The predicted octanol–water partition coefficient (Wildman–Crippen LogP) is 1.08. The van der Waals surface area contributed by atoms with Gasteiger partial charge in [-0.1, -0.05) is 0 Å². The number of hydrogen-bond donors (Lipinski definition) is 2. The number of aliphatic hydroxyl groups excluding tert-OH is 1. The van der Waals surface area contributed by atoms with E-state index in [-0.39, 0.29) is 6.10 Å². The Hall–Kier alpha value is -0.840. The van der Waals surface area contributed by atoms with Crippen LogP contribution in [0.2, 0.25) is 0 Å². The molecule has 0 radical (unpaired) electrons. The summed E-state index contributed by atoms with van der Waals surface area (Å²) in [6, 6.07) is 3.89. The van der Waals surface area contributed by atoms with Crippen LogP contribution in [0.4, 0.5) is 0 Å². The molecule has 0 saturated carbocycles. The zero-order valence-corrected chi connectivity index (χ0v) is 9.32. The third kappa shape index (κ3) is 4.97. The maximum absolute atomic E-state index is 9.36. The highest BCUT2D eigenvalue weighted by Crippen LogP contribution is 2.05.